The van der Waals surface area contributed by atoms with Crippen LogP contribution in [0.2, 0.25) is 50.4 Å². The van der Waals surface area contributed by atoms with Crippen molar-refractivity contribution in [3.8, 4) is 0 Å². The van der Waals surface area contributed by atoms with Crippen LogP contribution in [-0.4, -0.2) is 33.8 Å². The van der Waals surface area contributed by atoms with E-state index in [0.29, 0.717) is 11.1 Å². The first kappa shape index (κ1) is 25.5. The zero-order valence-corrected chi connectivity index (χ0v) is 24.0. The zero-order chi connectivity index (χ0) is 21.8. The Hall–Kier alpha value is 0.228. The second-order valence-corrected chi connectivity index (χ2v) is 26.3. The molecule has 0 aliphatic heterocycles. The van der Waals surface area contributed by atoms with Crippen molar-refractivity contribution in [2.75, 3.05) is 0 Å². The predicted octanol–water partition coefficient (Wildman–Crippen LogP) is 7.71. The molecule has 0 aromatic rings. The van der Waals surface area contributed by atoms with Gasteiger partial charge in [0.15, 0.2) is 16.6 Å². The Labute approximate surface area is 185 Å². The van der Waals surface area contributed by atoms with Gasteiger partial charge >= 0.3 is 17.1 Å². The first-order chi connectivity index (χ1) is 13.5. The maximum atomic E-state index is 7.39. The van der Waals surface area contributed by atoms with Gasteiger partial charge in [0.05, 0.1) is 0 Å². The van der Waals surface area contributed by atoms with Gasteiger partial charge in [-0.05, 0) is 65.0 Å². The summed E-state index contributed by atoms with van der Waals surface area (Å²) in [5.41, 5.74) is 5.37. The van der Waals surface area contributed by atoms with Crippen LogP contribution in [-0.2, 0) is 12.3 Å². The Morgan fingerprint density at radius 1 is 0.586 bits per heavy atom. The number of rotatable bonds is 10. The van der Waals surface area contributed by atoms with E-state index in [9.17, 15) is 0 Å². The normalized spacial score (nSPS) is 21.2. The molecule has 2 fully saturated rings. The van der Waals surface area contributed by atoms with E-state index in [1.807, 2.05) is 5.70 Å². The lowest BCUT2D eigenvalue weighted by atomic mass is 9.99. The van der Waals surface area contributed by atoms with Gasteiger partial charge in [0.2, 0.25) is 0 Å². The molecule has 2 saturated carbocycles. The van der Waals surface area contributed by atoms with Crippen LogP contribution in [0.4, 0.5) is 0 Å². The second kappa shape index (κ2) is 10.2. The monoisotopic (exact) mass is 470 g/mol. The summed E-state index contributed by atoms with van der Waals surface area (Å²) in [6.07, 6.45) is 13.1. The summed E-state index contributed by atoms with van der Waals surface area (Å²) in [7, 11) is -8.75. The molecule has 2 aliphatic carbocycles. The summed E-state index contributed by atoms with van der Waals surface area (Å²) >= 11 is 0. The van der Waals surface area contributed by atoms with Crippen LogP contribution in [0, 0.1) is 0 Å². The summed E-state index contributed by atoms with van der Waals surface area (Å²) < 4.78 is 21.4. The van der Waals surface area contributed by atoms with Gasteiger partial charge < -0.3 is 12.3 Å². The van der Waals surface area contributed by atoms with E-state index in [0.717, 1.165) is 0 Å². The lowest BCUT2D eigenvalue weighted by Crippen LogP contribution is -2.63. The topological polar surface area (TPSA) is 27.7 Å². The molecule has 0 amide bonds. The van der Waals surface area contributed by atoms with Crippen LogP contribution >= 0.6 is 0 Å². The molecular weight excluding hydrogens is 425 g/mol. The molecule has 0 radical (unpaired) electrons. The fourth-order valence-electron chi connectivity index (χ4n) is 5.23. The molecule has 0 heterocycles. The van der Waals surface area contributed by atoms with Crippen molar-refractivity contribution in [2.45, 2.75) is 115 Å². The van der Waals surface area contributed by atoms with Gasteiger partial charge in [-0.25, -0.2) is 0 Å². The molecule has 0 unspecified atom stereocenters. The first-order valence-electron chi connectivity index (χ1n) is 11.8. The molecule has 2 rings (SSSR count). The summed E-state index contributed by atoms with van der Waals surface area (Å²) in [4.78, 5) is 0. The van der Waals surface area contributed by atoms with Gasteiger partial charge in [-0.15, -0.1) is 13.2 Å². The molecule has 168 valence electrons. The van der Waals surface area contributed by atoms with Crippen molar-refractivity contribution < 1.29 is 12.3 Å². The van der Waals surface area contributed by atoms with Crippen LogP contribution < -0.4 is 0 Å². The van der Waals surface area contributed by atoms with Crippen LogP contribution in [0.3, 0.4) is 0 Å². The SMILES string of the molecule is C=C[Si](C)(C)O[Si](C)(C)O[Si](O[Si](C)(C)C=C)(C1CCCCC1)C1CCCCC1. The fourth-order valence-corrected chi connectivity index (χ4v) is 24.2. The minimum absolute atomic E-state index is 0.606. The first-order valence-corrected chi connectivity index (χ1v) is 22.6. The van der Waals surface area contributed by atoms with Crippen molar-refractivity contribution in [1.29, 1.82) is 0 Å². The van der Waals surface area contributed by atoms with Gasteiger partial charge in [0.1, 0.15) is 0 Å². The molecule has 0 bridgehead atoms. The van der Waals surface area contributed by atoms with E-state index in [1.165, 1.54) is 64.2 Å². The van der Waals surface area contributed by atoms with Gasteiger partial charge in [0.25, 0.3) is 0 Å². The van der Waals surface area contributed by atoms with Crippen LogP contribution in [0.5, 0.6) is 0 Å². The summed E-state index contributed by atoms with van der Waals surface area (Å²) in [6, 6.07) is 0. The third-order valence-corrected chi connectivity index (χ3v) is 22.8. The van der Waals surface area contributed by atoms with E-state index in [4.69, 9.17) is 12.3 Å². The van der Waals surface area contributed by atoms with Crippen molar-refractivity contribution in [1.82, 2.24) is 0 Å². The molecule has 3 nitrogen and oxygen atoms in total. The molecule has 7 heteroatoms. The van der Waals surface area contributed by atoms with E-state index in [1.54, 1.807) is 0 Å². The Morgan fingerprint density at radius 3 is 1.34 bits per heavy atom. The highest BCUT2D eigenvalue weighted by atomic mass is 28.5. The van der Waals surface area contributed by atoms with E-state index in [-0.39, 0.29) is 0 Å². The van der Waals surface area contributed by atoms with Crippen LogP contribution in [0.1, 0.15) is 64.2 Å². The summed E-state index contributed by atoms with van der Waals surface area (Å²) in [6.45, 7) is 21.8. The number of hydrogen-bond acceptors (Lipinski definition) is 3. The third-order valence-electron chi connectivity index (χ3n) is 6.67. The van der Waals surface area contributed by atoms with Gasteiger partial charge in [-0.3, -0.25) is 0 Å². The largest absolute Gasteiger partial charge is 0.433 e. The molecule has 0 saturated heterocycles. The molecule has 0 atom stereocenters. The molecule has 0 N–H and O–H groups in total. The van der Waals surface area contributed by atoms with E-state index < -0.39 is 33.8 Å². The summed E-state index contributed by atoms with van der Waals surface area (Å²) in [5, 5.41) is 0. The highest BCUT2D eigenvalue weighted by Crippen LogP contribution is 2.51. The Kier molecular flexibility index (Phi) is 8.99. The van der Waals surface area contributed by atoms with E-state index >= 15 is 0 Å². The van der Waals surface area contributed by atoms with Gasteiger partial charge in [-0.1, -0.05) is 49.9 Å². The van der Waals surface area contributed by atoms with Crippen molar-refractivity contribution >= 4 is 33.8 Å². The average Bonchev–Trinajstić information content (AvgIpc) is 2.67. The van der Waals surface area contributed by atoms with Crippen molar-refractivity contribution in [2.24, 2.45) is 0 Å². The molecule has 29 heavy (non-hydrogen) atoms. The molecular formula is C22H46O3Si4. The molecule has 2 aliphatic rings. The average molecular weight is 471 g/mol. The minimum atomic E-state index is -2.48. The van der Waals surface area contributed by atoms with Crippen LogP contribution in [0.15, 0.2) is 24.6 Å². The van der Waals surface area contributed by atoms with E-state index in [2.05, 4.69) is 58.1 Å². The lowest BCUT2D eigenvalue weighted by molar-refractivity contribution is 0.259. The Bertz CT molecular complexity index is 532. The quantitative estimate of drug-likeness (QED) is 0.306. The van der Waals surface area contributed by atoms with Crippen molar-refractivity contribution in [3.05, 3.63) is 24.6 Å². The Balaban J connectivity index is 2.46. The maximum Gasteiger partial charge on any atom is 0.325 e. The zero-order valence-electron chi connectivity index (χ0n) is 20.0. The molecule has 0 aromatic carbocycles. The summed E-state index contributed by atoms with van der Waals surface area (Å²) in [5.74, 6) is 0. The molecule has 0 spiro atoms. The smallest absolute Gasteiger partial charge is 0.325 e. The lowest BCUT2D eigenvalue weighted by Gasteiger charge is -2.52. The Morgan fingerprint density at radius 2 is 0.966 bits per heavy atom. The highest BCUT2D eigenvalue weighted by Gasteiger charge is 2.57. The highest BCUT2D eigenvalue weighted by molar-refractivity contribution is 6.93. The molecule has 0 aromatic heterocycles. The van der Waals surface area contributed by atoms with Crippen molar-refractivity contribution in [3.63, 3.8) is 0 Å². The maximum absolute atomic E-state index is 7.39. The van der Waals surface area contributed by atoms with Gasteiger partial charge in [-0.2, -0.15) is 0 Å². The minimum Gasteiger partial charge on any atom is -0.433 e. The fraction of sp³-hybridized carbons (Fsp3) is 0.818. The number of hydrogen-bond donors (Lipinski definition) is 0. The predicted molar refractivity (Wildman–Crippen MR) is 136 cm³/mol. The van der Waals surface area contributed by atoms with Crippen LogP contribution in [0.25, 0.3) is 0 Å². The van der Waals surface area contributed by atoms with Gasteiger partial charge in [0, 0.05) is 11.1 Å². The third kappa shape index (κ3) is 7.12. The second-order valence-electron chi connectivity index (χ2n) is 10.7. The standard InChI is InChI=1S/C22H46O3Si4/c1-9-26(3,4)23-28(7,8)25-29(24-27(5,6)10-2,21-17-13-11-14-18-21)22-19-15-12-16-20-22/h9-10,21-22H,1-2,11-20H2,3-8H3.